The summed E-state index contributed by atoms with van der Waals surface area (Å²) in [6.45, 7) is 6.57. The first-order valence-electron chi connectivity index (χ1n) is 5.18. The van der Waals surface area contributed by atoms with Crippen LogP contribution in [0, 0.1) is 5.92 Å². The van der Waals surface area contributed by atoms with Gasteiger partial charge in [-0.2, -0.15) is 0 Å². The molecule has 0 bridgehead atoms. The molecule has 0 amide bonds. The fraction of sp³-hybridized carbons (Fsp3) is 0.700. The van der Waals surface area contributed by atoms with Crippen molar-refractivity contribution in [1.82, 2.24) is 14.9 Å². The van der Waals surface area contributed by atoms with Crippen LogP contribution >= 0.6 is 12.4 Å². The zero-order valence-electron chi connectivity index (χ0n) is 8.98. The second-order valence-corrected chi connectivity index (χ2v) is 3.65. The molecule has 1 N–H and O–H groups in total. The van der Waals surface area contributed by atoms with Gasteiger partial charge < -0.3 is 14.6 Å². The van der Waals surface area contributed by atoms with Gasteiger partial charge in [-0.1, -0.05) is 0 Å². The summed E-state index contributed by atoms with van der Waals surface area (Å²) in [7, 11) is 0. The summed E-state index contributed by atoms with van der Waals surface area (Å²) in [6, 6.07) is 0. The highest BCUT2D eigenvalue weighted by molar-refractivity contribution is 5.85. The van der Waals surface area contributed by atoms with Gasteiger partial charge in [-0.05, 0) is 6.92 Å². The highest BCUT2D eigenvalue weighted by atomic mass is 35.5. The van der Waals surface area contributed by atoms with Crippen LogP contribution in [0.25, 0.3) is 0 Å². The number of hydrogen-bond acceptors (Lipinski definition) is 3. The number of hydrogen-bond donors (Lipinski definition) is 1. The molecule has 1 aliphatic rings. The molecule has 0 fully saturated rings. The van der Waals surface area contributed by atoms with Crippen molar-refractivity contribution < 1.29 is 4.74 Å². The van der Waals surface area contributed by atoms with E-state index in [1.54, 1.807) is 0 Å². The molecule has 1 aromatic heterocycles. The average molecular weight is 232 g/mol. The molecule has 1 atom stereocenters. The number of nitrogens with zero attached hydrogens (tertiary/aromatic N) is 2. The summed E-state index contributed by atoms with van der Waals surface area (Å²) in [6.07, 6.45) is 3.90. The third-order valence-corrected chi connectivity index (χ3v) is 2.53. The van der Waals surface area contributed by atoms with Gasteiger partial charge in [0.2, 0.25) is 0 Å². The minimum absolute atomic E-state index is 0. The van der Waals surface area contributed by atoms with E-state index in [0.29, 0.717) is 5.92 Å². The van der Waals surface area contributed by atoms with E-state index >= 15 is 0 Å². The van der Waals surface area contributed by atoms with Gasteiger partial charge in [-0.15, -0.1) is 12.4 Å². The number of ether oxygens (including phenoxy) is 1. The monoisotopic (exact) mass is 231 g/mol. The predicted molar refractivity (Wildman–Crippen MR) is 61.2 cm³/mol. The molecule has 0 saturated heterocycles. The number of rotatable bonds is 3. The summed E-state index contributed by atoms with van der Waals surface area (Å²) >= 11 is 0. The van der Waals surface area contributed by atoms with Crippen molar-refractivity contribution in [3.05, 3.63) is 18.2 Å². The number of fused-ring (bicyclic) bond motifs is 1. The minimum Gasteiger partial charge on any atom is -0.381 e. The smallest absolute Gasteiger partial charge is 0.122 e. The molecule has 1 aliphatic heterocycles. The summed E-state index contributed by atoms with van der Waals surface area (Å²) in [5.74, 6) is 1.69. The molecule has 4 nitrogen and oxygen atoms in total. The fourth-order valence-electron chi connectivity index (χ4n) is 1.80. The topological polar surface area (TPSA) is 39.1 Å². The number of imidazole rings is 1. The zero-order chi connectivity index (χ0) is 9.80. The molecule has 0 saturated carbocycles. The Morgan fingerprint density at radius 1 is 1.67 bits per heavy atom. The number of nitrogens with one attached hydrogen (secondary N) is 1. The van der Waals surface area contributed by atoms with Gasteiger partial charge >= 0.3 is 0 Å². The number of halogens is 1. The van der Waals surface area contributed by atoms with Crippen LogP contribution in [-0.4, -0.2) is 29.3 Å². The lowest BCUT2D eigenvalue weighted by Gasteiger charge is -2.14. The van der Waals surface area contributed by atoms with Crippen molar-refractivity contribution in [1.29, 1.82) is 0 Å². The third-order valence-electron chi connectivity index (χ3n) is 2.53. The second-order valence-electron chi connectivity index (χ2n) is 3.65. The van der Waals surface area contributed by atoms with Crippen LogP contribution in [0.15, 0.2) is 12.4 Å². The summed E-state index contributed by atoms with van der Waals surface area (Å²) < 4.78 is 7.66. The van der Waals surface area contributed by atoms with Crippen molar-refractivity contribution in [3.63, 3.8) is 0 Å². The van der Waals surface area contributed by atoms with Gasteiger partial charge in [0.15, 0.2) is 0 Å². The maximum atomic E-state index is 5.45. The molecule has 1 unspecified atom stereocenters. The van der Waals surface area contributed by atoms with Gasteiger partial charge in [0.1, 0.15) is 5.82 Å². The molecule has 5 heteroatoms. The lowest BCUT2D eigenvalue weighted by molar-refractivity contribution is 0.105. The molecule has 0 radical (unpaired) electrons. The Balaban J connectivity index is 0.00000112. The van der Waals surface area contributed by atoms with E-state index in [9.17, 15) is 0 Å². The van der Waals surface area contributed by atoms with Crippen molar-refractivity contribution in [3.8, 4) is 0 Å². The van der Waals surface area contributed by atoms with Crippen LogP contribution in [0.2, 0.25) is 0 Å². The molecule has 0 aliphatic carbocycles. The first-order chi connectivity index (χ1) is 6.90. The lowest BCUT2D eigenvalue weighted by Crippen LogP contribution is -2.25. The van der Waals surface area contributed by atoms with Crippen LogP contribution in [-0.2, 0) is 17.8 Å². The van der Waals surface area contributed by atoms with Gasteiger partial charge in [0.05, 0.1) is 13.2 Å². The Morgan fingerprint density at radius 3 is 3.33 bits per heavy atom. The SMILES string of the molecule is CCOCC1CNCc2nccn2C1.Cl. The minimum atomic E-state index is 0. The standard InChI is InChI=1S/C10H17N3O.ClH/c1-2-14-8-9-5-11-6-10-12-3-4-13(10)7-9;/h3-4,9,11H,2,5-8H2,1H3;1H. The Morgan fingerprint density at radius 2 is 2.53 bits per heavy atom. The van der Waals surface area contributed by atoms with E-state index in [2.05, 4.69) is 14.9 Å². The summed E-state index contributed by atoms with van der Waals surface area (Å²) in [4.78, 5) is 4.29. The molecule has 86 valence electrons. The maximum Gasteiger partial charge on any atom is 0.122 e. The van der Waals surface area contributed by atoms with Crippen LogP contribution < -0.4 is 5.32 Å². The highest BCUT2D eigenvalue weighted by Gasteiger charge is 2.15. The van der Waals surface area contributed by atoms with Gasteiger partial charge in [-0.25, -0.2) is 4.98 Å². The van der Waals surface area contributed by atoms with Crippen LogP contribution in [0.5, 0.6) is 0 Å². The van der Waals surface area contributed by atoms with Crippen molar-refractivity contribution in [2.24, 2.45) is 5.92 Å². The third kappa shape index (κ3) is 3.19. The Labute approximate surface area is 96.4 Å². The van der Waals surface area contributed by atoms with E-state index in [0.717, 1.165) is 38.7 Å². The normalized spacial score (nSPS) is 20.2. The maximum absolute atomic E-state index is 5.45. The molecular weight excluding hydrogens is 214 g/mol. The quantitative estimate of drug-likeness (QED) is 0.846. The van der Waals surface area contributed by atoms with Crippen molar-refractivity contribution in [2.75, 3.05) is 19.8 Å². The summed E-state index contributed by atoms with van der Waals surface area (Å²) in [5.41, 5.74) is 0. The molecule has 0 aromatic carbocycles. The Hall–Kier alpha value is -0.580. The largest absolute Gasteiger partial charge is 0.381 e. The van der Waals surface area contributed by atoms with Gasteiger partial charge in [0, 0.05) is 38.0 Å². The predicted octanol–water partition coefficient (Wildman–Crippen LogP) is 1.06. The summed E-state index contributed by atoms with van der Waals surface area (Å²) in [5, 5.41) is 3.39. The van der Waals surface area contributed by atoms with Gasteiger partial charge in [0.25, 0.3) is 0 Å². The van der Waals surface area contributed by atoms with E-state index in [-0.39, 0.29) is 12.4 Å². The Bertz CT molecular complexity index is 290. The fourth-order valence-corrected chi connectivity index (χ4v) is 1.80. The molecule has 1 aromatic rings. The molecule has 2 rings (SSSR count). The van der Waals surface area contributed by atoms with Gasteiger partial charge in [-0.3, -0.25) is 0 Å². The van der Waals surface area contributed by atoms with Crippen molar-refractivity contribution >= 4 is 12.4 Å². The van der Waals surface area contributed by atoms with Crippen LogP contribution in [0.3, 0.4) is 0 Å². The van der Waals surface area contributed by atoms with Crippen LogP contribution in [0.1, 0.15) is 12.7 Å². The van der Waals surface area contributed by atoms with E-state index in [4.69, 9.17) is 4.74 Å². The van der Waals surface area contributed by atoms with Crippen molar-refractivity contribution in [2.45, 2.75) is 20.0 Å². The second kappa shape index (κ2) is 6.10. The molecule has 2 heterocycles. The Kier molecular flexibility index (Phi) is 5.08. The van der Waals surface area contributed by atoms with Crippen LogP contribution in [0.4, 0.5) is 0 Å². The molecular formula is C10H18ClN3O. The first-order valence-corrected chi connectivity index (χ1v) is 5.18. The van der Waals surface area contributed by atoms with E-state index in [1.807, 2.05) is 19.3 Å². The lowest BCUT2D eigenvalue weighted by atomic mass is 10.1. The van der Waals surface area contributed by atoms with E-state index < -0.39 is 0 Å². The van der Waals surface area contributed by atoms with E-state index in [1.165, 1.54) is 0 Å². The molecule has 15 heavy (non-hydrogen) atoms. The molecule has 0 spiro atoms. The number of aromatic nitrogens is 2. The average Bonchev–Trinajstić information content (AvgIpc) is 2.54. The zero-order valence-corrected chi connectivity index (χ0v) is 9.80. The highest BCUT2D eigenvalue weighted by Crippen LogP contribution is 2.09. The first kappa shape index (κ1) is 12.5.